The van der Waals surface area contributed by atoms with Crippen molar-refractivity contribution >= 4 is 16.0 Å². The van der Waals surface area contributed by atoms with Crippen molar-refractivity contribution in [2.45, 2.75) is 50.5 Å². The minimum atomic E-state index is -3.41. The van der Waals surface area contributed by atoms with Crippen molar-refractivity contribution in [1.82, 2.24) is 14.5 Å². The Labute approximate surface area is 158 Å². The molecule has 1 saturated heterocycles. The Morgan fingerprint density at radius 3 is 2.48 bits per heavy atom. The highest BCUT2D eigenvalue weighted by Gasteiger charge is 2.26. The lowest BCUT2D eigenvalue weighted by atomic mass is 10.1. The maximum Gasteiger partial charge on any atom is 0.306 e. The molecule has 2 heterocycles. The topological polar surface area (TPSA) is 103 Å². The van der Waals surface area contributed by atoms with E-state index in [1.807, 2.05) is 0 Å². The largest absolute Gasteiger partial charge is 0.453 e. The molecule has 1 atom stereocenters. The fourth-order valence-corrected chi connectivity index (χ4v) is 4.45. The molecule has 0 radical (unpaired) electrons. The lowest BCUT2D eigenvalue weighted by Gasteiger charge is -2.15. The van der Waals surface area contributed by atoms with Crippen LogP contribution in [-0.2, 0) is 26.0 Å². The molecule has 1 unspecified atom stereocenters. The van der Waals surface area contributed by atoms with E-state index in [9.17, 15) is 13.2 Å². The molecule has 0 bridgehead atoms. The SMILES string of the molecule is Cc1nnc(C(C)OC(=O)CCc2ccc(S(=O)(=O)N3CCCC3)cc2)o1. The van der Waals surface area contributed by atoms with Crippen LogP contribution in [0.5, 0.6) is 0 Å². The second-order valence-electron chi connectivity index (χ2n) is 6.55. The number of carbonyl (C=O) groups is 1. The van der Waals surface area contributed by atoms with Crippen LogP contribution in [0.15, 0.2) is 33.6 Å². The van der Waals surface area contributed by atoms with Gasteiger partial charge in [0.15, 0.2) is 6.10 Å². The molecule has 0 spiro atoms. The lowest BCUT2D eigenvalue weighted by Crippen LogP contribution is -2.27. The zero-order valence-corrected chi connectivity index (χ0v) is 16.2. The number of esters is 1. The predicted octanol–water partition coefficient (Wildman–Crippen LogP) is 2.40. The third-order valence-electron chi connectivity index (χ3n) is 4.44. The van der Waals surface area contributed by atoms with E-state index in [-0.39, 0.29) is 23.2 Å². The molecule has 1 aliphatic rings. The average Bonchev–Trinajstić information content (AvgIpc) is 3.32. The van der Waals surface area contributed by atoms with Gasteiger partial charge in [0, 0.05) is 26.4 Å². The number of aromatic nitrogens is 2. The van der Waals surface area contributed by atoms with E-state index < -0.39 is 16.1 Å². The number of carbonyl (C=O) groups excluding carboxylic acids is 1. The maximum absolute atomic E-state index is 12.5. The Morgan fingerprint density at radius 1 is 1.22 bits per heavy atom. The standard InChI is InChI=1S/C18H23N3O5S/c1-13(18-20-19-14(2)26-18)25-17(22)10-7-15-5-8-16(9-6-15)27(23,24)21-11-3-4-12-21/h5-6,8-9,13H,3-4,7,10-12H2,1-2H3. The smallest absolute Gasteiger partial charge is 0.306 e. The average molecular weight is 393 g/mol. The van der Waals surface area contributed by atoms with Crippen LogP contribution in [0.25, 0.3) is 0 Å². The van der Waals surface area contributed by atoms with Gasteiger partial charge < -0.3 is 9.15 Å². The van der Waals surface area contributed by atoms with E-state index in [0.29, 0.717) is 25.4 Å². The van der Waals surface area contributed by atoms with Gasteiger partial charge >= 0.3 is 5.97 Å². The molecule has 0 N–H and O–H groups in total. The van der Waals surface area contributed by atoms with Gasteiger partial charge in [-0.1, -0.05) is 12.1 Å². The molecule has 146 valence electrons. The molecule has 3 rings (SSSR count). The van der Waals surface area contributed by atoms with Gasteiger partial charge in [-0.05, 0) is 43.9 Å². The van der Waals surface area contributed by atoms with Gasteiger partial charge in [0.05, 0.1) is 4.90 Å². The number of sulfonamides is 1. The van der Waals surface area contributed by atoms with Gasteiger partial charge in [0.25, 0.3) is 5.89 Å². The molecule has 1 aromatic carbocycles. The van der Waals surface area contributed by atoms with E-state index in [0.717, 1.165) is 18.4 Å². The Balaban J connectivity index is 1.53. The molecular weight excluding hydrogens is 370 g/mol. The van der Waals surface area contributed by atoms with Crippen LogP contribution >= 0.6 is 0 Å². The number of aryl methyl sites for hydroxylation is 2. The summed E-state index contributed by atoms with van der Waals surface area (Å²) >= 11 is 0. The Kier molecular flexibility index (Phi) is 5.91. The van der Waals surface area contributed by atoms with E-state index >= 15 is 0 Å². The van der Waals surface area contributed by atoms with Crippen LogP contribution in [0.2, 0.25) is 0 Å². The first-order valence-electron chi connectivity index (χ1n) is 8.95. The third kappa shape index (κ3) is 4.72. The number of ether oxygens (including phenoxy) is 1. The summed E-state index contributed by atoms with van der Waals surface area (Å²) in [6, 6.07) is 6.67. The highest BCUT2D eigenvalue weighted by molar-refractivity contribution is 7.89. The van der Waals surface area contributed by atoms with Crippen LogP contribution in [0.3, 0.4) is 0 Å². The van der Waals surface area contributed by atoms with Crippen molar-refractivity contribution in [2.24, 2.45) is 0 Å². The Morgan fingerprint density at radius 2 is 1.89 bits per heavy atom. The van der Waals surface area contributed by atoms with Gasteiger partial charge in [-0.3, -0.25) is 4.79 Å². The highest BCUT2D eigenvalue weighted by Crippen LogP contribution is 2.22. The number of rotatable bonds is 7. The van der Waals surface area contributed by atoms with Gasteiger partial charge in [-0.25, -0.2) is 8.42 Å². The summed E-state index contributed by atoms with van der Waals surface area (Å²) in [4.78, 5) is 12.3. The van der Waals surface area contributed by atoms with Crippen molar-refractivity contribution in [3.63, 3.8) is 0 Å². The molecule has 27 heavy (non-hydrogen) atoms. The molecule has 0 amide bonds. The zero-order valence-electron chi connectivity index (χ0n) is 15.4. The van der Waals surface area contributed by atoms with Crippen molar-refractivity contribution in [2.75, 3.05) is 13.1 Å². The number of hydrogen-bond acceptors (Lipinski definition) is 7. The summed E-state index contributed by atoms with van der Waals surface area (Å²) in [7, 11) is -3.41. The quantitative estimate of drug-likeness (QED) is 0.666. The first kappa shape index (κ1) is 19.5. The number of nitrogens with zero attached hydrogens (tertiary/aromatic N) is 3. The van der Waals surface area contributed by atoms with Crippen LogP contribution in [-0.4, -0.2) is 42.0 Å². The lowest BCUT2D eigenvalue weighted by molar-refractivity contribution is -0.149. The Bertz CT molecular complexity index is 886. The number of benzene rings is 1. The minimum absolute atomic E-state index is 0.176. The van der Waals surface area contributed by atoms with Gasteiger partial charge in [-0.2, -0.15) is 4.31 Å². The molecule has 1 aliphatic heterocycles. The second-order valence-corrected chi connectivity index (χ2v) is 8.48. The molecule has 1 fully saturated rings. The van der Waals surface area contributed by atoms with Crippen LogP contribution < -0.4 is 0 Å². The van der Waals surface area contributed by atoms with E-state index in [1.165, 1.54) is 4.31 Å². The summed E-state index contributed by atoms with van der Waals surface area (Å²) in [6.45, 7) is 4.49. The molecular formula is C18H23N3O5S. The van der Waals surface area contributed by atoms with Crippen molar-refractivity contribution in [1.29, 1.82) is 0 Å². The summed E-state index contributed by atoms with van der Waals surface area (Å²) in [5, 5.41) is 7.53. The van der Waals surface area contributed by atoms with Gasteiger partial charge in [0.1, 0.15) is 0 Å². The van der Waals surface area contributed by atoms with E-state index in [2.05, 4.69) is 10.2 Å². The van der Waals surface area contributed by atoms with Crippen molar-refractivity contribution in [3.8, 4) is 0 Å². The normalized spacial score (nSPS) is 16.4. The summed E-state index contributed by atoms with van der Waals surface area (Å²) in [5.74, 6) is 0.293. The molecule has 0 aliphatic carbocycles. The van der Waals surface area contributed by atoms with Crippen LogP contribution in [0.4, 0.5) is 0 Å². The fraction of sp³-hybridized carbons (Fsp3) is 0.500. The Hall–Kier alpha value is -2.26. The van der Waals surface area contributed by atoms with Crippen LogP contribution in [0.1, 0.15) is 49.6 Å². The molecule has 2 aromatic rings. The van der Waals surface area contributed by atoms with Gasteiger partial charge in [-0.15, -0.1) is 10.2 Å². The second kappa shape index (κ2) is 8.18. The number of hydrogen-bond donors (Lipinski definition) is 0. The highest BCUT2D eigenvalue weighted by atomic mass is 32.2. The maximum atomic E-state index is 12.5. The first-order chi connectivity index (χ1) is 12.9. The van der Waals surface area contributed by atoms with E-state index in [1.54, 1.807) is 38.1 Å². The summed E-state index contributed by atoms with van der Waals surface area (Å²) in [6.07, 6.45) is 1.84. The van der Waals surface area contributed by atoms with Crippen molar-refractivity contribution in [3.05, 3.63) is 41.6 Å². The molecule has 1 aromatic heterocycles. The third-order valence-corrected chi connectivity index (χ3v) is 6.35. The zero-order chi connectivity index (χ0) is 19.4. The monoisotopic (exact) mass is 393 g/mol. The summed E-state index contributed by atoms with van der Waals surface area (Å²) in [5.41, 5.74) is 0.869. The van der Waals surface area contributed by atoms with Crippen molar-refractivity contribution < 1.29 is 22.4 Å². The van der Waals surface area contributed by atoms with E-state index in [4.69, 9.17) is 9.15 Å². The van der Waals surface area contributed by atoms with Crippen LogP contribution in [0, 0.1) is 6.92 Å². The molecule has 9 heteroatoms. The first-order valence-corrected chi connectivity index (χ1v) is 10.4. The molecule has 8 nitrogen and oxygen atoms in total. The predicted molar refractivity (Wildman–Crippen MR) is 96.3 cm³/mol. The molecule has 0 saturated carbocycles. The van der Waals surface area contributed by atoms with Gasteiger partial charge in [0.2, 0.25) is 15.9 Å². The minimum Gasteiger partial charge on any atom is -0.453 e. The fourth-order valence-electron chi connectivity index (χ4n) is 2.93. The summed E-state index contributed by atoms with van der Waals surface area (Å²) < 4.78 is 37.0.